The maximum atomic E-state index is 13.6. The molecular formula is C53H72N16O20. The van der Waals surface area contributed by atoms with Crippen molar-refractivity contribution in [1.82, 2.24) is 81.1 Å². The Morgan fingerprint density at radius 2 is 0.629 bits per heavy atom. The van der Waals surface area contributed by atoms with E-state index in [1.165, 1.54) is 0 Å². The van der Waals surface area contributed by atoms with Crippen LogP contribution < -0.4 is 83.7 Å². The molecular weight excluding hydrogens is 1180 g/mol. The van der Waals surface area contributed by atoms with E-state index in [4.69, 9.17) is 18.9 Å². The zero-order valence-electron chi connectivity index (χ0n) is 48.9. The zero-order valence-corrected chi connectivity index (χ0v) is 48.9. The quantitative estimate of drug-likeness (QED) is 0.0848. The number of pyridine rings is 4. The van der Waals surface area contributed by atoms with Crippen LogP contribution in [-0.4, -0.2) is 264 Å². The van der Waals surface area contributed by atoms with Crippen molar-refractivity contribution >= 4 is 47.3 Å². The summed E-state index contributed by atoms with van der Waals surface area (Å²) >= 11 is 0. The van der Waals surface area contributed by atoms with Crippen LogP contribution in [0.1, 0.15) is 48.9 Å². The van der Waals surface area contributed by atoms with E-state index in [-0.39, 0.29) is 104 Å². The third-order valence-corrected chi connectivity index (χ3v) is 13.5. The standard InChI is InChI=1S/C53H72N16O20/c1-33-28-65(25-18-60-48(76)36-6-10-40(52(80)68(36)84)88-31-44(72)56-14-21-63(3)22-15-57-45(73)32-89-41-11-7-37(49(77)61-33)69(85)53(41)81)27-26-64-23-16-58-46(74)34-4-8-38(50(78)66(34)82)86-29-42(70)54-12-19-62(2)20-13-55-43(71)30-87-39-9-5-35(67(83)51(39)79)47(75)59-17-24-64/h4-11,33,82-85H,12-32H2,1-3H3,(H,54,70)(H,55,71)(H,56,72)(H,57,73)(H,58,74)(H,59,75)(H,60,76)(H,61,77). The average Bonchev–Trinajstić information content (AvgIpc) is 2.62. The molecule has 1 unspecified atom stereocenters. The van der Waals surface area contributed by atoms with Crippen molar-refractivity contribution in [2.45, 2.75) is 13.0 Å². The molecule has 89 heavy (non-hydrogen) atoms. The Morgan fingerprint density at radius 3 is 0.933 bits per heavy atom. The summed E-state index contributed by atoms with van der Waals surface area (Å²) < 4.78 is 21.5. The number of amides is 8. The maximum absolute atomic E-state index is 13.6. The van der Waals surface area contributed by atoms with Crippen molar-refractivity contribution in [2.24, 2.45) is 0 Å². The summed E-state index contributed by atoms with van der Waals surface area (Å²) in [6, 6.07) is 7.92. The van der Waals surface area contributed by atoms with Gasteiger partial charge in [-0.3, -0.25) is 67.3 Å². The molecule has 0 fully saturated rings. The summed E-state index contributed by atoms with van der Waals surface area (Å²) in [6.45, 7) is 0.476. The SMILES string of the molecule is CC1CN(CCN2CCNC(=O)c3ccc(c(=O)n3O)OCC(=O)NCCN(C)CCNC(=O)COc3ccc(n(O)c3=O)C(=O)NCC2)CCNC(=O)c2ccc(c(=O)n2O)OCC(=O)NCCN(C)CCNC(=O)COc2ccc(n(O)c2=O)C(=O)N1. The van der Waals surface area contributed by atoms with E-state index >= 15 is 0 Å². The van der Waals surface area contributed by atoms with Gasteiger partial charge in [0.05, 0.1) is 0 Å². The summed E-state index contributed by atoms with van der Waals surface area (Å²) in [5.74, 6) is -7.94. The summed E-state index contributed by atoms with van der Waals surface area (Å²) in [5, 5.41) is 63.9. The second-order valence-electron chi connectivity index (χ2n) is 20.2. The minimum Gasteiger partial charge on any atom is -0.478 e. The Morgan fingerprint density at radius 1 is 0.371 bits per heavy atom. The van der Waals surface area contributed by atoms with Crippen LogP contribution in [0.3, 0.4) is 0 Å². The van der Waals surface area contributed by atoms with Crippen LogP contribution in [0.25, 0.3) is 0 Å². The van der Waals surface area contributed by atoms with Gasteiger partial charge in [0, 0.05) is 117 Å². The van der Waals surface area contributed by atoms with E-state index in [2.05, 4.69) is 42.5 Å². The molecule has 12 rings (SSSR count). The molecule has 36 nitrogen and oxygen atoms in total. The molecule has 12 heterocycles. The molecule has 0 aromatic carbocycles. The lowest BCUT2D eigenvalue weighted by molar-refractivity contribution is -0.124. The Labute approximate surface area is 505 Å². The van der Waals surface area contributed by atoms with Crippen molar-refractivity contribution in [2.75, 3.05) is 152 Å². The fraction of sp³-hybridized carbons (Fsp3) is 0.472. The summed E-state index contributed by atoms with van der Waals surface area (Å²) in [6.07, 6.45) is 0. The molecule has 4 aromatic rings. The van der Waals surface area contributed by atoms with E-state index in [9.17, 15) is 78.4 Å². The van der Waals surface area contributed by atoms with Gasteiger partial charge in [-0.25, -0.2) is 0 Å². The van der Waals surface area contributed by atoms with Gasteiger partial charge in [0.2, 0.25) is 0 Å². The lowest BCUT2D eigenvalue weighted by Gasteiger charge is -2.30. The Hall–Kier alpha value is -10.2. The molecule has 0 saturated heterocycles. The summed E-state index contributed by atoms with van der Waals surface area (Å²) in [4.78, 5) is 164. The van der Waals surface area contributed by atoms with Gasteiger partial charge in [-0.1, -0.05) is 0 Å². The number of ether oxygens (including phenoxy) is 4. The number of carbonyl (C=O) groups is 8. The molecule has 0 spiro atoms. The first-order valence-corrected chi connectivity index (χ1v) is 27.9. The van der Waals surface area contributed by atoms with E-state index in [0.717, 1.165) is 48.5 Å². The first-order valence-electron chi connectivity index (χ1n) is 27.9. The second-order valence-corrected chi connectivity index (χ2v) is 20.2. The smallest absolute Gasteiger partial charge is 0.325 e. The Kier molecular flexibility index (Phi) is 25.2. The first-order chi connectivity index (χ1) is 42.5. The van der Waals surface area contributed by atoms with Crippen LogP contribution in [0.2, 0.25) is 0 Å². The zero-order chi connectivity index (χ0) is 64.7. The summed E-state index contributed by atoms with van der Waals surface area (Å²) in [7, 11) is 3.44. The van der Waals surface area contributed by atoms with Gasteiger partial charge < -0.3 is 92.1 Å². The molecule has 8 aliphatic rings. The number of aromatic nitrogens is 4. The minimum absolute atomic E-state index is 0.0149. The van der Waals surface area contributed by atoms with Crippen LogP contribution in [0.5, 0.6) is 23.0 Å². The fourth-order valence-electron chi connectivity index (χ4n) is 8.61. The maximum Gasteiger partial charge on any atom is 0.325 e. The summed E-state index contributed by atoms with van der Waals surface area (Å²) in [5.41, 5.74) is -6.67. The van der Waals surface area contributed by atoms with Gasteiger partial charge in [-0.05, 0) is 69.6 Å². The van der Waals surface area contributed by atoms with Crippen molar-refractivity contribution < 1.29 is 78.1 Å². The lowest BCUT2D eigenvalue weighted by Crippen LogP contribution is -2.48. The van der Waals surface area contributed by atoms with Crippen molar-refractivity contribution in [3.8, 4) is 23.0 Å². The van der Waals surface area contributed by atoms with Crippen LogP contribution >= 0.6 is 0 Å². The molecule has 0 saturated carbocycles. The number of carbonyl (C=O) groups excluding carboxylic acids is 8. The van der Waals surface area contributed by atoms with Gasteiger partial charge in [0.15, 0.2) is 49.4 Å². The molecule has 8 bridgehead atoms. The monoisotopic (exact) mass is 1250 g/mol. The molecule has 36 heteroatoms. The minimum atomic E-state index is -1.16. The normalized spacial score (nSPS) is 18.8. The number of nitrogens with zero attached hydrogens (tertiary/aromatic N) is 8. The average molecular weight is 1250 g/mol. The Balaban J connectivity index is 1.23. The lowest BCUT2D eigenvalue weighted by atomic mass is 10.2. The topological polar surface area (TPSA) is 452 Å². The number of likely N-dealkylation sites (N-methyl/N-ethyl adjacent to an activating group) is 2. The van der Waals surface area contributed by atoms with E-state index in [0.29, 0.717) is 26.2 Å². The van der Waals surface area contributed by atoms with Gasteiger partial charge in [0.1, 0.15) is 22.8 Å². The van der Waals surface area contributed by atoms with Crippen molar-refractivity contribution in [1.29, 1.82) is 0 Å². The van der Waals surface area contributed by atoms with Crippen molar-refractivity contribution in [3.63, 3.8) is 0 Å². The van der Waals surface area contributed by atoms with E-state index in [1.807, 2.05) is 0 Å². The third-order valence-electron chi connectivity index (χ3n) is 13.5. The van der Waals surface area contributed by atoms with Gasteiger partial charge in [0.25, 0.3) is 47.3 Å². The van der Waals surface area contributed by atoms with Crippen LogP contribution in [0.15, 0.2) is 67.7 Å². The van der Waals surface area contributed by atoms with Gasteiger partial charge >= 0.3 is 22.2 Å². The van der Waals surface area contributed by atoms with E-state index < -0.39 is 148 Å². The molecule has 484 valence electrons. The molecule has 8 aliphatic heterocycles. The van der Waals surface area contributed by atoms with Crippen LogP contribution in [-0.2, 0) is 19.2 Å². The molecule has 8 amide bonds. The highest BCUT2D eigenvalue weighted by atomic mass is 16.5. The third kappa shape index (κ3) is 20.2. The highest BCUT2D eigenvalue weighted by Gasteiger charge is 2.24. The highest BCUT2D eigenvalue weighted by molar-refractivity contribution is 5.94. The largest absolute Gasteiger partial charge is 0.478 e. The molecule has 0 radical (unpaired) electrons. The van der Waals surface area contributed by atoms with Crippen LogP contribution in [0.4, 0.5) is 0 Å². The van der Waals surface area contributed by atoms with Crippen molar-refractivity contribution in [3.05, 3.63) is 113 Å². The van der Waals surface area contributed by atoms with E-state index in [1.54, 1.807) is 40.6 Å². The number of hydrogen-bond acceptors (Lipinski definition) is 24. The predicted molar refractivity (Wildman–Crippen MR) is 307 cm³/mol. The first kappa shape index (κ1) is 67.9. The molecule has 12 N–H and O–H groups in total. The highest BCUT2D eigenvalue weighted by Crippen LogP contribution is 2.11. The van der Waals surface area contributed by atoms with Gasteiger partial charge in [-0.15, -0.1) is 18.9 Å². The molecule has 0 aliphatic carbocycles. The predicted octanol–water partition coefficient (Wildman–Crippen LogP) is -6.83. The van der Waals surface area contributed by atoms with Gasteiger partial charge in [-0.2, -0.15) is 0 Å². The molecule has 1 atom stereocenters. The second kappa shape index (κ2) is 33.1. The van der Waals surface area contributed by atoms with Crippen LogP contribution in [0, 0.1) is 0 Å². The number of nitrogens with one attached hydrogen (secondary N) is 8. The Bertz CT molecular complexity index is 3350. The number of rotatable bonds is 3. The number of hydrogen-bond donors (Lipinski definition) is 12. The fourth-order valence-corrected chi connectivity index (χ4v) is 8.61. The molecule has 4 aromatic heterocycles.